The molecule has 7 nitrogen and oxygen atoms in total. The lowest BCUT2D eigenvalue weighted by Crippen LogP contribution is -2.40. The Morgan fingerprint density at radius 2 is 1.83 bits per heavy atom. The summed E-state index contributed by atoms with van der Waals surface area (Å²) in [6.45, 7) is 6.55. The minimum absolute atomic E-state index is 0.0835. The Balaban J connectivity index is 4.61. The van der Waals surface area contributed by atoms with E-state index in [-0.39, 0.29) is 12.3 Å². The molecule has 0 aliphatic heterocycles. The van der Waals surface area contributed by atoms with E-state index in [1.165, 1.54) is 0 Å². The largest absolute Gasteiger partial charge is 0.481 e. The molecule has 0 spiro atoms. The van der Waals surface area contributed by atoms with Crippen LogP contribution in [0.3, 0.4) is 0 Å². The first kappa shape index (κ1) is 21.4. The molecule has 0 saturated heterocycles. The second kappa shape index (κ2) is 11.0. The van der Waals surface area contributed by atoms with Crippen molar-refractivity contribution in [2.75, 3.05) is 33.8 Å². The number of carbonyl (C=O) groups excluding carboxylic acids is 2. The smallest absolute Gasteiger partial charge is 0.308 e. The molecule has 23 heavy (non-hydrogen) atoms. The van der Waals surface area contributed by atoms with Crippen LogP contribution in [-0.4, -0.2) is 61.6 Å². The summed E-state index contributed by atoms with van der Waals surface area (Å²) < 4.78 is 5.03. The minimum Gasteiger partial charge on any atom is -0.481 e. The molecule has 134 valence electrons. The van der Waals surface area contributed by atoms with E-state index in [1.807, 2.05) is 25.9 Å². The van der Waals surface area contributed by atoms with Gasteiger partial charge in [0.25, 0.3) is 0 Å². The number of nitrogens with one attached hydrogen (secondary N) is 1. The molecule has 0 fully saturated rings. The molecular weight excluding hydrogens is 300 g/mol. The molecule has 0 heterocycles. The minimum atomic E-state index is -1.07. The fraction of sp³-hybridized carbons (Fsp3) is 0.812. The van der Waals surface area contributed by atoms with Crippen molar-refractivity contribution >= 4 is 17.8 Å². The normalized spacial score (nSPS) is 14.9. The average Bonchev–Trinajstić information content (AvgIpc) is 2.48. The molecule has 0 aliphatic carbocycles. The van der Waals surface area contributed by atoms with Gasteiger partial charge in [-0.25, -0.2) is 0 Å². The molecule has 0 aliphatic rings. The summed E-state index contributed by atoms with van der Waals surface area (Å²) in [5, 5.41) is 12.1. The molecule has 0 rings (SSSR count). The highest BCUT2D eigenvalue weighted by Crippen LogP contribution is 2.22. The van der Waals surface area contributed by atoms with Gasteiger partial charge < -0.3 is 20.1 Å². The van der Waals surface area contributed by atoms with Crippen LogP contribution in [0, 0.1) is 17.8 Å². The maximum absolute atomic E-state index is 12.1. The fourth-order valence-corrected chi connectivity index (χ4v) is 2.09. The van der Waals surface area contributed by atoms with Crippen LogP contribution in [0.15, 0.2) is 0 Å². The number of likely N-dealkylation sites (N-methyl/N-ethyl adjacent to an activating group) is 1. The number of nitrogens with zero attached hydrogens (tertiary/aromatic N) is 1. The Bertz CT molecular complexity index is 398. The quantitative estimate of drug-likeness (QED) is 0.548. The Labute approximate surface area is 138 Å². The summed E-state index contributed by atoms with van der Waals surface area (Å²) in [4.78, 5) is 37.2. The van der Waals surface area contributed by atoms with Crippen LogP contribution >= 0.6 is 0 Å². The van der Waals surface area contributed by atoms with Gasteiger partial charge in [-0.3, -0.25) is 14.4 Å². The molecule has 1 amide bonds. The molecule has 0 aromatic rings. The van der Waals surface area contributed by atoms with Crippen molar-refractivity contribution in [3.05, 3.63) is 0 Å². The van der Waals surface area contributed by atoms with Crippen molar-refractivity contribution in [2.45, 2.75) is 33.6 Å². The number of carboxylic acids is 1. The number of hydrogen-bond acceptors (Lipinski definition) is 5. The lowest BCUT2D eigenvalue weighted by Gasteiger charge is -2.22. The SMILES string of the molecule is CCCOC(=O)C(C)CC(C(=O)O)C(C)C(=O)NCCN(C)C. The van der Waals surface area contributed by atoms with Gasteiger partial charge in [0.1, 0.15) is 0 Å². The van der Waals surface area contributed by atoms with Crippen molar-refractivity contribution in [3.63, 3.8) is 0 Å². The molecule has 2 N–H and O–H groups in total. The number of ether oxygens (including phenoxy) is 1. The van der Waals surface area contributed by atoms with Gasteiger partial charge in [0, 0.05) is 19.0 Å². The molecule has 7 heteroatoms. The maximum Gasteiger partial charge on any atom is 0.308 e. The third-order valence-electron chi connectivity index (χ3n) is 3.65. The van der Waals surface area contributed by atoms with E-state index in [4.69, 9.17) is 4.74 Å². The number of carboxylic acid groups (broad SMARTS) is 1. The molecule has 3 unspecified atom stereocenters. The van der Waals surface area contributed by atoms with Crippen LogP contribution in [0.4, 0.5) is 0 Å². The number of rotatable bonds is 11. The van der Waals surface area contributed by atoms with E-state index in [9.17, 15) is 19.5 Å². The Hall–Kier alpha value is -1.63. The van der Waals surface area contributed by atoms with E-state index in [0.717, 1.165) is 0 Å². The van der Waals surface area contributed by atoms with Crippen molar-refractivity contribution < 1.29 is 24.2 Å². The summed E-state index contributed by atoms with van der Waals surface area (Å²) in [6, 6.07) is 0. The number of hydrogen-bond donors (Lipinski definition) is 2. The first-order chi connectivity index (χ1) is 10.7. The first-order valence-corrected chi connectivity index (χ1v) is 8.02. The molecule has 0 saturated carbocycles. The fourth-order valence-electron chi connectivity index (χ4n) is 2.09. The zero-order valence-electron chi connectivity index (χ0n) is 14.8. The van der Waals surface area contributed by atoms with Crippen LogP contribution < -0.4 is 5.32 Å². The summed E-state index contributed by atoms with van der Waals surface area (Å²) in [6.07, 6.45) is 0.797. The van der Waals surface area contributed by atoms with Gasteiger partial charge in [0.15, 0.2) is 0 Å². The predicted octanol–water partition coefficient (Wildman–Crippen LogP) is 0.981. The molecule has 0 aromatic heterocycles. The highest BCUT2D eigenvalue weighted by molar-refractivity contribution is 5.84. The van der Waals surface area contributed by atoms with Gasteiger partial charge >= 0.3 is 11.9 Å². The first-order valence-electron chi connectivity index (χ1n) is 8.02. The van der Waals surface area contributed by atoms with Gasteiger partial charge in [0.2, 0.25) is 5.91 Å². The zero-order chi connectivity index (χ0) is 18.0. The average molecular weight is 330 g/mol. The maximum atomic E-state index is 12.1. The van der Waals surface area contributed by atoms with Gasteiger partial charge in [0.05, 0.1) is 18.4 Å². The van der Waals surface area contributed by atoms with Gasteiger partial charge in [-0.15, -0.1) is 0 Å². The van der Waals surface area contributed by atoms with Crippen molar-refractivity contribution in [1.82, 2.24) is 10.2 Å². The molecular formula is C16H30N2O5. The third kappa shape index (κ3) is 8.54. The van der Waals surface area contributed by atoms with Crippen LogP contribution in [0.5, 0.6) is 0 Å². The summed E-state index contributed by atoms with van der Waals surface area (Å²) >= 11 is 0. The third-order valence-corrected chi connectivity index (χ3v) is 3.65. The number of aliphatic carboxylic acids is 1. The zero-order valence-corrected chi connectivity index (χ0v) is 14.8. The topological polar surface area (TPSA) is 95.9 Å². The molecule has 3 atom stereocenters. The standard InChI is InChI=1S/C16H30N2O5/c1-6-9-23-16(22)11(2)10-13(15(20)21)12(3)14(19)17-7-8-18(4)5/h11-13H,6-10H2,1-5H3,(H,17,19)(H,20,21). The van der Waals surface area contributed by atoms with Gasteiger partial charge in [-0.1, -0.05) is 20.8 Å². The van der Waals surface area contributed by atoms with Crippen LogP contribution in [0.25, 0.3) is 0 Å². The monoisotopic (exact) mass is 330 g/mol. The summed E-state index contributed by atoms with van der Waals surface area (Å²) in [5.74, 6) is -3.99. The lowest BCUT2D eigenvalue weighted by molar-refractivity contribution is -0.152. The molecule has 0 bridgehead atoms. The second-order valence-corrected chi connectivity index (χ2v) is 6.13. The highest BCUT2D eigenvalue weighted by Gasteiger charge is 2.33. The number of esters is 1. The van der Waals surface area contributed by atoms with E-state index in [2.05, 4.69) is 5.32 Å². The Morgan fingerprint density at radius 3 is 2.30 bits per heavy atom. The highest BCUT2D eigenvalue weighted by atomic mass is 16.5. The van der Waals surface area contributed by atoms with E-state index in [0.29, 0.717) is 26.1 Å². The van der Waals surface area contributed by atoms with Crippen molar-refractivity contribution in [2.24, 2.45) is 17.8 Å². The molecule has 0 radical (unpaired) electrons. The Morgan fingerprint density at radius 1 is 1.22 bits per heavy atom. The van der Waals surface area contributed by atoms with Crippen LogP contribution in [-0.2, 0) is 19.1 Å². The van der Waals surface area contributed by atoms with Gasteiger partial charge in [-0.05, 0) is 26.9 Å². The second-order valence-electron chi connectivity index (χ2n) is 6.13. The predicted molar refractivity (Wildman–Crippen MR) is 86.9 cm³/mol. The molecule has 0 aromatic carbocycles. The summed E-state index contributed by atoms with van der Waals surface area (Å²) in [5.41, 5.74) is 0. The van der Waals surface area contributed by atoms with E-state index < -0.39 is 29.7 Å². The summed E-state index contributed by atoms with van der Waals surface area (Å²) in [7, 11) is 3.78. The van der Waals surface area contributed by atoms with E-state index >= 15 is 0 Å². The van der Waals surface area contributed by atoms with Crippen LogP contribution in [0.1, 0.15) is 33.6 Å². The Kier molecular flexibility index (Phi) is 10.2. The van der Waals surface area contributed by atoms with Crippen molar-refractivity contribution in [1.29, 1.82) is 0 Å². The van der Waals surface area contributed by atoms with Crippen molar-refractivity contribution in [3.8, 4) is 0 Å². The lowest BCUT2D eigenvalue weighted by atomic mass is 9.85. The number of carbonyl (C=O) groups is 3. The van der Waals surface area contributed by atoms with Gasteiger partial charge in [-0.2, -0.15) is 0 Å². The number of amides is 1. The van der Waals surface area contributed by atoms with E-state index in [1.54, 1.807) is 13.8 Å². The van der Waals surface area contributed by atoms with Crippen LogP contribution in [0.2, 0.25) is 0 Å².